The summed E-state index contributed by atoms with van der Waals surface area (Å²) in [6, 6.07) is 0. The van der Waals surface area contributed by atoms with Gasteiger partial charge in [0.05, 0.1) is 5.92 Å². The largest absolute Gasteiger partial charge is 0.330 e. The van der Waals surface area contributed by atoms with Crippen molar-refractivity contribution < 1.29 is 9.59 Å². The molecule has 2 amide bonds. The van der Waals surface area contributed by atoms with E-state index in [9.17, 15) is 9.59 Å². The fourth-order valence-corrected chi connectivity index (χ4v) is 1.02. The van der Waals surface area contributed by atoms with Crippen LogP contribution in [-0.2, 0) is 9.59 Å². The van der Waals surface area contributed by atoms with E-state index in [0.29, 0.717) is 0 Å². The number of imide groups is 1. The van der Waals surface area contributed by atoms with Crippen LogP contribution in [0.15, 0.2) is 0 Å². The molecule has 0 aromatic rings. The Hall–Kier alpha value is -0.900. The van der Waals surface area contributed by atoms with Gasteiger partial charge in [-0.1, -0.05) is 0 Å². The predicted molar refractivity (Wildman–Crippen MR) is 34.9 cm³/mol. The van der Waals surface area contributed by atoms with E-state index in [-0.39, 0.29) is 30.7 Å². The first-order chi connectivity index (χ1) is 4.66. The van der Waals surface area contributed by atoms with E-state index in [4.69, 9.17) is 5.73 Å². The number of amides is 2. The zero-order valence-corrected chi connectivity index (χ0v) is 5.83. The van der Waals surface area contributed by atoms with E-state index < -0.39 is 0 Å². The fraction of sp³-hybridized carbons (Fsp3) is 0.667. The Labute approximate surface area is 59.0 Å². The topological polar surface area (TPSA) is 63.4 Å². The van der Waals surface area contributed by atoms with Crippen molar-refractivity contribution in [2.24, 2.45) is 11.7 Å². The second-order valence-electron chi connectivity index (χ2n) is 2.43. The van der Waals surface area contributed by atoms with Crippen LogP contribution in [0.4, 0.5) is 0 Å². The van der Waals surface area contributed by atoms with Crippen LogP contribution < -0.4 is 5.73 Å². The summed E-state index contributed by atoms with van der Waals surface area (Å²) in [7, 11) is 1.49. The van der Waals surface area contributed by atoms with Crippen LogP contribution in [-0.4, -0.2) is 30.3 Å². The van der Waals surface area contributed by atoms with Gasteiger partial charge >= 0.3 is 0 Å². The third-order valence-corrected chi connectivity index (χ3v) is 1.76. The highest BCUT2D eigenvalue weighted by molar-refractivity contribution is 6.03. The van der Waals surface area contributed by atoms with Crippen LogP contribution in [0.1, 0.15) is 6.42 Å². The summed E-state index contributed by atoms with van der Waals surface area (Å²) >= 11 is 0. The van der Waals surface area contributed by atoms with Crippen LogP contribution in [0.5, 0.6) is 0 Å². The van der Waals surface area contributed by atoms with Crippen molar-refractivity contribution in [2.75, 3.05) is 13.6 Å². The summed E-state index contributed by atoms with van der Waals surface area (Å²) in [6.07, 6.45) is 0.284. The van der Waals surface area contributed by atoms with E-state index >= 15 is 0 Å². The second kappa shape index (κ2) is 2.38. The number of nitrogens with zero attached hydrogens (tertiary/aromatic N) is 1. The third kappa shape index (κ3) is 0.903. The number of hydrogen-bond acceptors (Lipinski definition) is 3. The van der Waals surface area contributed by atoms with Gasteiger partial charge < -0.3 is 5.73 Å². The molecule has 0 unspecified atom stereocenters. The second-order valence-corrected chi connectivity index (χ2v) is 2.43. The van der Waals surface area contributed by atoms with Crippen molar-refractivity contribution in [1.29, 1.82) is 0 Å². The van der Waals surface area contributed by atoms with Gasteiger partial charge in [0.15, 0.2) is 0 Å². The molecule has 1 fully saturated rings. The van der Waals surface area contributed by atoms with Crippen molar-refractivity contribution in [3.8, 4) is 0 Å². The number of nitrogens with two attached hydrogens (primary N) is 1. The van der Waals surface area contributed by atoms with Gasteiger partial charge in [0.25, 0.3) is 0 Å². The van der Waals surface area contributed by atoms with E-state index in [1.165, 1.54) is 7.05 Å². The quantitative estimate of drug-likeness (QED) is 0.475. The molecule has 0 saturated carbocycles. The monoisotopic (exact) mass is 142 g/mol. The van der Waals surface area contributed by atoms with E-state index in [0.717, 1.165) is 4.90 Å². The summed E-state index contributed by atoms with van der Waals surface area (Å²) in [5, 5.41) is 0. The van der Waals surface area contributed by atoms with Crippen molar-refractivity contribution in [1.82, 2.24) is 4.90 Å². The molecule has 4 nitrogen and oxygen atoms in total. The molecule has 0 radical (unpaired) electrons. The Morgan fingerprint density at radius 1 is 1.70 bits per heavy atom. The number of carbonyl (C=O) groups is 2. The molecule has 1 aliphatic rings. The normalized spacial score (nSPS) is 26.2. The molecule has 0 spiro atoms. The van der Waals surface area contributed by atoms with Crippen LogP contribution in [0.3, 0.4) is 0 Å². The maximum absolute atomic E-state index is 11.0. The molecule has 0 aromatic carbocycles. The molecular formula is C6H10N2O2. The van der Waals surface area contributed by atoms with E-state index in [2.05, 4.69) is 0 Å². The minimum absolute atomic E-state index is 0.125. The van der Waals surface area contributed by atoms with Gasteiger partial charge in [-0.15, -0.1) is 0 Å². The highest BCUT2D eigenvalue weighted by atomic mass is 16.2. The molecule has 56 valence electrons. The molecule has 0 aromatic heterocycles. The minimum atomic E-state index is -0.266. The van der Waals surface area contributed by atoms with Gasteiger partial charge in [-0.05, 0) is 0 Å². The summed E-state index contributed by atoms with van der Waals surface area (Å²) in [5.74, 6) is -0.537. The van der Waals surface area contributed by atoms with Crippen LogP contribution >= 0.6 is 0 Å². The zero-order chi connectivity index (χ0) is 7.72. The fourth-order valence-electron chi connectivity index (χ4n) is 1.02. The molecule has 1 saturated heterocycles. The summed E-state index contributed by atoms with van der Waals surface area (Å²) in [4.78, 5) is 22.9. The zero-order valence-electron chi connectivity index (χ0n) is 5.83. The molecule has 4 heteroatoms. The highest BCUT2D eigenvalue weighted by Crippen LogP contribution is 2.15. The minimum Gasteiger partial charge on any atom is -0.330 e. The van der Waals surface area contributed by atoms with Gasteiger partial charge in [-0.25, -0.2) is 0 Å². The molecule has 1 rings (SSSR count). The molecule has 0 aliphatic carbocycles. The maximum atomic E-state index is 11.0. The van der Waals surface area contributed by atoms with Gasteiger partial charge in [0, 0.05) is 20.0 Å². The highest BCUT2D eigenvalue weighted by Gasteiger charge is 2.34. The van der Waals surface area contributed by atoms with Crippen LogP contribution in [0.2, 0.25) is 0 Å². The molecule has 1 aliphatic heterocycles. The average Bonchev–Trinajstić information content (AvgIpc) is 2.17. The Morgan fingerprint density at radius 3 is 2.50 bits per heavy atom. The molecule has 0 bridgehead atoms. The Balaban J connectivity index is 2.71. The molecule has 1 heterocycles. The van der Waals surface area contributed by atoms with Gasteiger partial charge in [0.2, 0.25) is 11.8 Å². The summed E-state index contributed by atoms with van der Waals surface area (Å²) in [6.45, 7) is 0.273. The van der Waals surface area contributed by atoms with E-state index in [1.54, 1.807) is 0 Å². The lowest BCUT2D eigenvalue weighted by molar-refractivity contribution is -0.137. The van der Waals surface area contributed by atoms with Crippen molar-refractivity contribution in [2.45, 2.75) is 6.42 Å². The number of carbonyl (C=O) groups excluding carboxylic acids is 2. The SMILES string of the molecule is CN1C(=O)C[C@@H](CN)C1=O. The lowest BCUT2D eigenvalue weighted by Crippen LogP contribution is -2.28. The van der Waals surface area contributed by atoms with E-state index in [1.807, 2.05) is 0 Å². The lowest BCUT2D eigenvalue weighted by atomic mass is 10.1. The summed E-state index contributed by atoms with van der Waals surface area (Å²) in [5.41, 5.74) is 5.25. The number of hydrogen-bond donors (Lipinski definition) is 1. The smallest absolute Gasteiger partial charge is 0.233 e. The average molecular weight is 142 g/mol. The lowest BCUT2D eigenvalue weighted by Gasteiger charge is -2.05. The van der Waals surface area contributed by atoms with Crippen LogP contribution in [0, 0.1) is 5.92 Å². The Kier molecular flexibility index (Phi) is 1.72. The van der Waals surface area contributed by atoms with Crippen LogP contribution in [0.25, 0.3) is 0 Å². The van der Waals surface area contributed by atoms with Crippen molar-refractivity contribution in [3.05, 3.63) is 0 Å². The predicted octanol–water partition coefficient (Wildman–Crippen LogP) is -1.05. The third-order valence-electron chi connectivity index (χ3n) is 1.76. The first-order valence-corrected chi connectivity index (χ1v) is 3.17. The molecule has 10 heavy (non-hydrogen) atoms. The Morgan fingerprint density at radius 2 is 2.30 bits per heavy atom. The first-order valence-electron chi connectivity index (χ1n) is 3.17. The standard InChI is InChI=1S/C6H10N2O2/c1-8-5(9)2-4(3-7)6(8)10/h4H,2-3,7H2,1H3/t4-/m0/s1. The number of likely N-dealkylation sites (tertiary alicyclic amines) is 1. The van der Waals surface area contributed by atoms with Crippen molar-refractivity contribution in [3.63, 3.8) is 0 Å². The summed E-state index contributed by atoms with van der Waals surface area (Å²) < 4.78 is 0. The first kappa shape index (κ1) is 7.21. The molecule has 1 atom stereocenters. The number of rotatable bonds is 1. The van der Waals surface area contributed by atoms with Gasteiger partial charge in [0.1, 0.15) is 0 Å². The Bertz CT molecular complexity index is 179. The maximum Gasteiger partial charge on any atom is 0.233 e. The van der Waals surface area contributed by atoms with Crippen molar-refractivity contribution >= 4 is 11.8 Å². The van der Waals surface area contributed by atoms with Gasteiger partial charge in [-0.2, -0.15) is 0 Å². The molecular weight excluding hydrogens is 132 g/mol. The molecule has 2 N–H and O–H groups in total. The van der Waals surface area contributed by atoms with Gasteiger partial charge in [-0.3, -0.25) is 14.5 Å².